The van der Waals surface area contributed by atoms with Crippen LogP contribution in [-0.4, -0.2) is 31.5 Å². The number of nitrogens with zero attached hydrogens (tertiary/aromatic N) is 1. The Morgan fingerprint density at radius 2 is 1.33 bits per heavy atom. The molecule has 0 aromatic rings. The number of hydrazine groups is 1. The lowest BCUT2D eigenvalue weighted by atomic mass is 9.73. The van der Waals surface area contributed by atoms with Crippen LogP contribution in [0, 0.1) is 0 Å². The minimum absolute atomic E-state index is 0.237. The van der Waals surface area contributed by atoms with Gasteiger partial charge >= 0.3 is 6.98 Å². The van der Waals surface area contributed by atoms with E-state index in [4.69, 9.17) is 0 Å². The summed E-state index contributed by atoms with van der Waals surface area (Å²) in [6.07, 6.45) is 20.0. The molecule has 3 N–H and O–H groups in total. The van der Waals surface area contributed by atoms with Crippen LogP contribution in [0.15, 0.2) is 23.9 Å². The van der Waals surface area contributed by atoms with Crippen molar-refractivity contribution in [3.8, 4) is 0 Å². The Morgan fingerprint density at radius 1 is 0.741 bits per heavy atom. The quantitative estimate of drug-likeness (QED) is 0.228. The van der Waals surface area contributed by atoms with Gasteiger partial charge in [0, 0.05) is 13.1 Å². The molecule has 0 fully saturated rings. The molecule has 1 rings (SSSR count). The molecule has 5 heteroatoms. The summed E-state index contributed by atoms with van der Waals surface area (Å²) in [6.45, 7) is 10.2. The highest BCUT2D eigenvalue weighted by molar-refractivity contribution is 6.59. The van der Waals surface area contributed by atoms with Crippen molar-refractivity contribution in [2.75, 3.05) is 19.6 Å². The second kappa shape index (κ2) is 17.2. The molecule has 27 heavy (non-hydrogen) atoms. The van der Waals surface area contributed by atoms with Gasteiger partial charge in [-0.25, -0.2) is 5.43 Å². The third-order valence-electron chi connectivity index (χ3n) is 5.12. The van der Waals surface area contributed by atoms with E-state index in [1.54, 1.807) is 0 Å². The Balaban J connectivity index is 2.46. The van der Waals surface area contributed by atoms with E-state index >= 15 is 0 Å². The van der Waals surface area contributed by atoms with Gasteiger partial charge in [0.05, 0.1) is 0 Å². The SMILES string of the molecule is CCCCCCNB1C=CC=C(NCCCCCC)N1NCCCCCC. The first-order valence-electron chi connectivity index (χ1n) is 11.7. The Hall–Kier alpha value is -0.935. The molecule has 0 saturated heterocycles. The number of hydrogen-bond donors (Lipinski definition) is 3. The van der Waals surface area contributed by atoms with Crippen molar-refractivity contribution in [2.24, 2.45) is 0 Å². The molecule has 1 heterocycles. The fraction of sp³-hybridized carbons (Fsp3) is 0.818. The summed E-state index contributed by atoms with van der Waals surface area (Å²) in [4.78, 5) is 2.31. The highest BCUT2D eigenvalue weighted by atomic mass is 15.5. The average molecular weight is 376 g/mol. The summed E-state index contributed by atoms with van der Waals surface area (Å²) >= 11 is 0. The molecule has 156 valence electrons. The van der Waals surface area contributed by atoms with Crippen molar-refractivity contribution in [3.63, 3.8) is 0 Å². The van der Waals surface area contributed by atoms with Crippen LogP contribution in [0.2, 0.25) is 0 Å². The summed E-state index contributed by atoms with van der Waals surface area (Å²) in [6, 6.07) is 0. The molecule has 0 bridgehead atoms. The van der Waals surface area contributed by atoms with Crippen molar-refractivity contribution in [2.45, 2.75) is 97.8 Å². The van der Waals surface area contributed by atoms with E-state index < -0.39 is 0 Å². The first-order valence-corrected chi connectivity index (χ1v) is 11.7. The molecular formula is C22H45BN4. The maximum atomic E-state index is 3.72. The van der Waals surface area contributed by atoms with Crippen LogP contribution in [0.1, 0.15) is 97.8 Å². The lowest BCUT2D eigenvalue weighted by molar-refractivity contribution is 0.347. The summed E-state index contributed by atoms with van der Waals surface area (Å²) in [5.74, 6) is 3.47. The van der Waals surface area contributed by atoms with Gasteiger partial charge in [0.2, 0.25) is 0 Å². The van der Waals surface area contributed by atoms with Crippen LogP contribution in [0.5, 0.6) is 0 Å². The van der Waals surface area contributed by atoms with E-state index in [0.29, 0.717) is 0 Å². The van der Waals surface area contributed by atoms with Crippen molar-refractivity contribution >= 4 is 6.98 Å². The number of hydrogen-bond acceptors (Lipinski definition) is 4. The van der Waals surface area contributed by atoms with Gasteiger partial charge in [-0.2, -0.15) is 0 Å². The molecule has 1 aliphatic heterocycles. The normalized spacial score (nSPS) is 14.0. The summed E-state index contributed by atoms with van der Waals surface area (Å²) in [5.41, 5.74) is 3.67. The molecule has 0 aromatic carbocycles. The zero-order valence-corrected chi connectivity index (χ0v) is 18.4. The second-order valence-corrected chi connectivity index (χ2v) is 7.72. The van der Waals surface area contributed by atoms with Crippen LogP contribution >= 0.6 is 0 Å². The Bertz CT molecular complexity index is 398. The van der Waals surface area contributed by atoms with Crippen molar-refractivity contribution < 1.29 is 0 Å². The van der Waals surface area contributed by atoms with Crippen molar-refractivity contribution in [3.05, 3.63) is 23.9 Å². The van der Waals surface area contributed by atoms with Gasteiger partial charge in [-0.05, 0) is 31.9 Å². The van der Waals surface area contributed by atoms with E-state index in [1.165, 1.54) is 82.9 Å². The predicted octanol–water partition coefficient (Wildman–Crippen LogP) is 5.15. The van der Waals surface area contributed by atoms with Crippen LogP contribution in [0.3, 0.4) is 0 Å². The molecule has 0 saturated carbocycles. The second-order valence-electron chi connectivity index (χ2n) is 7.72. The minimum atomic E-state index is 0.237. The third kappa shape index (κ3) is 11.5. The highest BCUT2D eigenvalue weighted by Gasteiger charge is 2.25. The Labute approximate surface area is 169 Å². The minimum Gasteiger partial charge on any atom is -0.372 e. The lowest BCUT2D eigenvalue weighted by Crippen LogP contribution is -2.58. The van der Waals surface area contributed by atoms with Crippen LogP contribution in [0.4, 0.5) is 0 Å². The van der Waals surface area contributed by atoms with Gasteiger partial charge in [0.15, 0.2) is 0 Å². The van der Waals surface area contributed by atoms with Gasteiger partial charge in [-0.15, -0.1) is 0 Å². The van der Waals surface area contributed by atoms with E-state index in [-0.39, 0.29) is 6.98 Å². The molecule has 0 spiro atoms. The lowest BCUT2D eigenvalue weighted by Gasteiger charge is -2.35. The monoisotopic (exact) mass is 376 g/mol. The molecule has 0 amide bonds. The molecule has 0 aliphatic carbocycles. The number of unbranched alkanes of at least 4 members (excludes halogenated alkanes) is 9. The van der Waals surface area contributed by atoms with E-state index in [0.717, 1.165) is 19.6 Å². The van der Waals surface area contributed by atoms with Gasteiger partial charge in [-0.3, -0.25) is 0 Å². The van der Waals surface area contributed by atoms with Gasteiger partial charge < -0.3 is 15.5 Å². The molecule has 1 aliphatic rings. The van der Waals surface area contributed by atoms with E-state index in [2.05, 4.69) is 59.8 Å². The van der Waals surface area contributed by atoms with Gasteiger partial charge in [-0.1, -0.05) is 90.6 Å². The Morgan fingerprint density at radius 3 is 1.96 bits per heavy atom. The molecule has 0 atom stereocenters. The largest absolute Gasteiger partial charge is 0.385 e. The van der Waals surface area contributed by atoms with Crippen molar-refractivity contribution in [1.82, 2.24) is 20.9 Å². The first kappa shape index (κ1) is 24.1. The summed E-state index contributed by atoms with van der Waals surface area (Å²) in [7, 11) is 0. The summed E-state index contributed by atoms with van der Waals surface area (Å²) in [5, 5.41) is 7.38. The number of rotatable bonds is 18. The van der Waals surface area contributed by atoms with E-state index in [1.807, 2.05) is 0 Å². The average Bonchev–Trinajstić information content (AvgIpc) is 2.68. The number of nitrogens with one attached hydrogen (secondary N) is 3. The molecular weight excluding hydrogens is 331 g/mol. The third-order valence-corrected chi connectivity index (χ3v) is 5.12. The zero-order chi connectivity index (χ0) is 19.6. The highest BCUT2D eigenvalue weighted by Crippen LogP contribution is 2.09. The molecule has 4 nitrogen and oxygen atoms in total. The fourth-order valence-corrected chi connectivity index (χ4v) is 3.38. The number of allylic oxidation sites excluding steroid dienone is 2. The fourth-order valence-electron chi connectivity index (χ4n) is 3.38. The topological polar surface area (TPSA) is 39.3 Å². The molecule has 0 radical (unpaired) electrons. The van der Waals surface area contributed by atoms with Gasteiger partial charge in [0.25, 0.3) is 0 Å². The predicted molar refractivity (Wildman–Crippen MR) is 121 cm³/mol. The van der Waals surface area contributed by atoms with E-state index in [9.17, 15) is 0 Å². The van der Waals surface area contributed by atoms with Crippen LogP contribution in [0.25, 0.3) is 0 Å². The van der Waals surface area contributed by atoms with Gasteiger partial charge in [0.1, 0.15) is 5.82 Å². The smallest absolute Gasteiger partial charge is 0.372 e. The zero-order valence-electron chi connectivity index (χ0n) is 18.4. The van der Waals surface area contributed by atoms with Crippen molar-refractivity contribution in [1.29, 1.82) is 0 Å². The Kier molecular flexibility index (Phi) is 15.3. The first-order chi connectivity index (χ1) is 13.3. The van der Waals surface area contributed by atoms with Crippen LogP contribution in [-0.2, 0) is 0 Å². The molecule has 0 unspecified atom stereocenters. The van der Waals surface area contributed by atoms with Crippen LogP contribution < -0.4 is 16.0 Å². The molecule has 0 aromatic heterocycles. The standard InChI is InChI=1S/C22H45BN4/c1-4-7-10-13-19-24-22-17-16-18-23(25-20-14-11-8-5-2)27(22)26-21-15-12-9-6-3/h16-18,24-26H,4-15,19-21H2,1-3H3. The maximum absolute atomic E-state index is 3.72. The summed E-state index contributed by atoms with van der Waals surface area (Å²) < 4.78 is 0. The maximum Gasteiger partial charge on any atom is 0.385 e.